The highest BCUT2D eigenvalue weighted by molar-refractivity contribution is 7.08. The van der Waals surface area contributed by atoms with Crippen molar-refractivity contribution in [3.8, 4) is 11.5 Å². The minimum absolute atomic E-state index is 0.0420. The maximum atomic E-state index is 11.9. The first-order valence-corrected chi connectivity index (χ1v) is 9.12. The van der Waals surface area contributed by atoms with Crippen LogP contribution in [0.1, 0.15) is 28.8 Å². The lowest BCUT2D eigenvalue weighted by Gasteiger charge is -2.19. The maximum absolute atomic E-state index is 11.9. The van der Waals surface area contributed by atoms with Crippen molar-refractivity contribution in [2.75, 3.05) is 19.8 Å². The van der Waals surface area contributed by atoms with Gasteiger partial charge in [-0.25, -0.2) is 0 Å². The standard InChI is InChI=1S/C18H20N2O4S/c21-17(2-1-6-19-18(22)14-5-9-25-12-14)20-11-13-3-4-15-16(10-13)24-8-7-23-15/h3-5,9-10,12H,1-2,6-8,11H2,(H,19,22)(H,20,21). The van der Waals surface area contributed by atoms with Crippen molar-refractivity contribution in [3.05, 3.63) is 46.2 Å². The van der Waals surface area contributed by atoms with Gasteiger partial charge in [0.15, 0.2) is 11.5 Å². The molecule has 7 heteroatoms. The minimum Gasteiger partial charge on any atom is -0.486 e. The van der Waals surface area contributed by atoms with Crippen LogP contribution in [0.15, 0.2) is 35.0 Å². The Balaban J connectivity index is 1.35. The van der Waals surface area contributed by atoms with Crippen LogP contribution in [-0.2, 0) is 11.3 Å². The van der Waals surface area contributed by atoms with E-state index in [0.29, 0.717) is 50.5 Å². The molecule has 2 amide bonds. The zero-order valence-corrected chi connectivity index (χ0v) is 14.6. The molecule has 0 spiro atoms. The van der Waals surface area contributed by atoms with Gasteiger partial charge in [0.1, 0.15) is 13.2 Å². The summed E-state index contributed by atoms with van der Waals surface area (Å²) in [6.07, 6.45) is 0.970. The van der Waals surface area contributed by atoms with Crippen LogP contribution in [0.4, 0.5) is 0 Å². The van der Waals surface area contributed by atoms with Crippen molar-refractivity contribution in [2.24, 2.45) is 0 Å². The molecule has 0 atom stereocenters. The molecular formula is C18H20N2O4S. The third-order valence-electron chi connectivity index (χ3n) is 3.75. The van der Waals surface area contributed by atoms with E-state index in [9.17, 15) is 9.59 Å². The zero-order valence-electron chi connectivity index (χ0n) is 13.7. The molecule has 2 heterocycles. The van der Waals surface area contributed by atoms with Crippen molar-refractivity contribution >= 4 is 23.2 Å². The Labute approximate surface area is 150 Å². The lowest BCUT2D eigenvalue weighted by molar-refractivity contribution is -0.121. The number of nitrogens with one attached hydrogen (secondary N) is 2. The van der Waals surface area contributed by atoms with Crippen LogP contribution in [0.25, 0.3) is 0 Å². The summed E-state index contributed by atoms with van der Waals surface area (Å²) in [7, 11) is 0. The summed E-state index contributed by atoms with van der Waals surface area (Å²) < 4.78 is 11.0. The number of fused-ring (bicyclic) bond motifs is 1. The molecule has 0 saturated carbocycles. The first-order chi connectivity index (χ1) is 12.2. The van der Waals surface area contributed by atoms with Gasteiger partial charge < -0.3 is 20.1 Å². The molecule has 2 aromatic rings. The summed E-state index contributed by atoms with van der Waals surface area (Å²) in [6.45, 7) is 2.02. The fourth-order valence-corrected chi connectivity index (χ4v) is 3.07. The van der Waals surface area contributed by atoms with Crippen molar-refractivity contribution in [1.82, 2.24) is 10.6 Å². The number of rotatable bonds is 7. The fraction of sp³-hybridized carbons (Fsp3) is 0.333. The summed E-state index contributed by atoms with van der Waals surface area (Å²) in [4.78, 5) is 23.7. The SMILES string of the molecule is O=C(CCCNC(=O)c1ccsc1)NCc1ccc2c(c1)OCCO2. The third kappa shape index (κ3) is 4.96. The lowest BCUT2D eigenvalue weighted by atomic mass is 10.2. The number of hydrogen-bond acceptors (Lipinski definition) is 5. The van der Waals surface area contributed by atoms with Gasteiger partial charge >= 0.3 is 0 Å². The molecule has 1 aromatic carbocycles. The Morgan fingerprint density at radius 1 is 1.08 bits per heavy atom. The zero-order chi connectivity index (χ0) is 17.5. The second-order valence-electron chi connectivity index (χ2n) is 5.63. The molecule has 3 rings (SSSR count). The Kier molecular flexibility index (Phi) is 5.90. The van der Waals surface area contributed by atoms with E-state index in [0.717, 1.165) is 11.3 Å². The summed E-state index contributed by atoms with van der Waals surface area (Å²) in [5.74, 6) is 1.31. The predicted molar refractivity (Wildman–Crippen MR) is 95.2 cm³/mol. The Morgan fingerprint density at radius 3 is 2.72 bits per heavy atom. The minimum atomic E-state index is -0.0991. The Hall–Kier alpha value is -2.54. The van der Waals surface area contributed by atoms with E-state index < -0.39 is 0 Å². The van der Waals surface area contributed by atoms with Crippen LogP contribution in [0.2, 0.25) is 0 Å². The lowest BCUT2D eigenvalue weighted by Crippen LogP contribution is -2.27. The van der Waals surface area contributed by atoms with Crippen LogP contribution in [0, 0.1) is 0 Å². The van der Waals surface area contributed by atoms with Gasteiger partial charge in [-0.1, -0.05) is 6.07 Å². The highest BCUT2D eigenvalue weighted by Gasteiger charge is 2.12. The maximum Gasteiger partial charge on any atom is 0.252 e. The predicted octanol–water partition coefficient (Wildman–Crippen LogP) is 2.35. The number of amides is 2. The second kappa shape index (κ2) is 8.53. The van der Waals surface area contributed by atoms with Crippen molar-refractivity contribution in [1.29, 1.82) is 0 Å². The first kappa shape index (κ1) is 17.3. The van der Waals surface area contributed by atoms with Crippen molar-refractivity contribution < 1.29 is 19.1 Å². The van der Waals surface area contributed by atoms with Gasteiger partial charge in [0.25, 0.3) is 5.91 Å². The normalized spacial score (nSPS) is 12.5. The summed E-state index contributed by atoms with van der Waals surface area (Å²) in [6, 6.07) is 7.43. The molecule has 0 unspecified atom stereocenters. The van der Waals surface area contributed by atoms with E-state index in [1.165, 1.54) is 11.3 Å². The van der Waals surface area contributed by atoms with Crippen molar-refractivity contribution in [2.45, 2.75) is 19.4 Å². The second-order valence-corrected chi connectivity index (χ2v) is 6.41. The number of benzene rings is 1. The monoisotopic (exact) mass is 360 g/mol. The molecule has 1 aliphatic heterocycles. The summed E-state index contributed by atoms with van der Waals surface area (Å²) in [5.41, 5.74) is 1.62. The van der Waals surface area contributed by atoms with Crippen LogP contribution in [0.5, 0.6) is 11.5 Å². The third-order valence-corrected chi connectivity index (χ3v) is 4.43. The van der Waals surface area contributed by atoms with Gasteiger partial charge in [0, 0.05) is 30.5 Å². The van der Waals surface area contributed by atoms with E-state index >= 15 is 0 Å². The van der Waals surface area contributed by atoms with Crippen molar-refractivity contribution in [3.63, 3.8) is 0 Å². The molecular weight excluding hydrogens is 340 g/mol. The number of hydrogen-bond donors (Lipinski definition) is 2. The van der Waals surface area contributed by atoms with E-state index in [1.54, 1.807) is 11.4 Å². The number of ether oxygens (including phenoxy) is 2. The smallest absolute Gasteiger partial charge is 0.252 e. The molecule has 0 bridgehead atoms. The summed E-state index contributed by atoms with van der Waals surface area (Å²) in [5, 5.41) is 9.34. The quantitative estimate of drug-likeness (QED) is 0.743. The highest BCUT2D eigenvalue weighted by atomic mass is 32.1. The molecule has 0 aliphatic carbocycles. The average molecular weight is 360 g/mol. The molecule has 25 heavy (non-hydrogen) atoms. The molecule has 2 N–H and O–H groups in total. The van der Waals surface area contributed by atoms with E-state index in [-0.39, 0.29) is 11.8 Å². The van der Waals surface area contributed by atoms with Crippen LogP contribution in [0.3, 0.4) is 0 Å². The van der Waals surface area contributed by atoms with Crippen LogP contribution < -0.4 is 20.1 Å². The van der Waals surface area contributed by atoms with Gasteiger partial charge in [-0.3, -0.25) is 9.59 Å². The Morgan fingerprint density at radius 2 is 1.92 bits per heavy atom. The van der Waals surface area contributed by atoms with Gasteiger partial charge in [-0.15, -0.1) is 0 Å². The molecule has 1 aliphatic rings. The van der Waals surface area contributed by atoms with Gasteiger partial charge in [0.05, 0.1) is 0 Å². The first-order valence-electron chi connectivity index (χ1n) is 8.18. The number of carbonyl (C=O) groups is 2. The molecule has 6 nitrogen and oxygen atoms in total. The number of thiophene rings is 1. The molecule has 1 aromatic heterocycles. The fourth-order valence-electron chi connectivity index (χ4n) is 2.43. The van der Waals surface area contributed by atoms with Gasteiger partial charge in [0.2, 0.25) is 5.91 Å². The highest BCUT2D eigenvalue weighted by Crippen LogP contribution is 2.30. The number of carbonyl (C=O) groups excluding carboxylic acids is 2. The molecule has 0 radical (unpaired) electrons. The average Bonchev–Trinajstić information content (AvgIpc) is 3.18. The summed E-state index contributed by atoms with van der Waals surface area (Å²) >= 11 is 1.48. The van der Waals surface area contributed by atoms with Gasteiger partial charge in [-0.2, -0.15) is 11.3 Å². The van der Waals surface area contributed by atoms with Gasteiger partial charge in [-0.05, 0) is 35.6 Å². The van der Waals surface area contributed by atoms with E-state index in [2.05, 4.69) is 10.6 Å². The molecule has 132 valence electrons. The van der Waals surface area contributed by atoms with E-state index in [1.807, 2.05) is 23.6 Å². The largest absolute Gasteiger partial charge is 0.486 e. The molecule has 0 saturated heterocycles. The van der Waals surface area contributed by atoms with Crippen LogP contribution in [-0.4, -0.2) is 31.6 Å². The topological polar surface area (TPSA) is 76.7 Å². The Bertz CT molecular complexity index is 731. The van der Waals surface area contributed by atoms with Crippen LogP contribution >= 0.6 is 11.3 Å². The van der Waals surface area contributed by atoms with E-state index in [4.69, 9.17) is 9.47 Å². The molecule has 0 fully saturated rings.